The normalized spacial score (nSPS) is 15.9. The zero-order chi connectivity index (χ0) is 13.7. The Labute approximate surface area is 112 Å². The van der Waals surface area contributed by atoms with Crippen molar-refractivity contribution in [1.82, 2.24) is 5.32 Å². The summed E-state index contributed by atoms with van der Waals surface area (Å²) in [5.41, 5.74) is 0. The van der Waals surface area contributed by atoms with Crippen LogP contribution in [0, 0.1) is 5.92 Å². The smallest absolute Gasteiger partial charge is 0.314 e. The first kappa shape index (κ1) is 13.7. The van der Waals surface area contributed by atoms with E-state index in [1.807, 2.05) is 0 Å². The van der Waals surface area contributed by atoms with Crippen LogP contribution in [0.25, 0.3) is 0 Å². The number of hydrogen-bond donors (Lipinski definition) is 1. The second kappa shape index (κ2) is 6.43. The van der Waals surface area contributed by atoms with Gasteiger partial charge in [0, 0.05) is 0 Å². The Morgan fingerprint density at radius 1 is 1.16 bits per heavy atom. The quantitative estimate of drug-likeness (QED) is 0.662. The maximum absolute atomic E-state index is 12.1. The highest BCUT2D eigenvalue weighted by Crippen LogP contribution is 2.37. The highest BCUT2D eigenvalue weighted by molar-refractivity contribution is 5.76. The van der Waals surface area contributed by atoms with Gasteiger partial charge in [0.2, 0.25) is 5.75 Å². The maximum atomic E-state index is 12.1. The van der Waals surface area contributed by atoms with Crippen LogP contribution in [0.1, 0.15) is 12.8 Å². The molecule has 0 bridgehead atoms. The lowest BCUT2D eigenvalue weighted by molar-refractivity contribution is -0.139. The number of ether oxygens (including phenoxy) is 3. The Balaban J connectivity index is 2.11. The van der Waals surface area contributed by atoms with Crippen molar-refractivity contribution in [2.75, 3.05) is 27.3 Å². The van der Waals surface area contributed by atoms with E-state index in [0.29, 0.717) is 17.2 Å². The standard InChI is InChI=1S/C14H19NO4/c1-17-11-4-3-5-12(13(11)18-2)19-14(16)10-6-8-15-9-7-10/h3-5,10,15H,6-9H2,1-2H3. The van der Waals surface area contributed by atoms with Crippen LogP contribution in [0.5, 0.6) is 17.2 Å². The molecule has 0 amide bonds. The van der Waals surface area contributed by atoms with Crippen LogP contribution in [0.2, 0.25) is 0 Å². The van der Waals surface area contributed by atoms with Crippen molar-refractivity contribution in [3.8, 4) is 17.2 Å². The van der Waals surface area contributed by atoms with E-state index >= 15 is 0 Å². The van der Waals surface area contributed by atoms with Gasteiger partial charge in [0.1, 0.15) is 0 Å². The van der Waals surface area contributed by atoms with Gasteiger partial charge in [0.15, 0.2) is 11.5 Å². The summed E-state index contributed by atoms with van der Waals surface area (Å²) in [6, 6.07) is 5.24. The van der Waals surface area contributed by atoms with E-state index in [4.69, 9.17) is 14.2 Å². The van der Waals surface area contributed by atoms with E-state index in [1.165, 1.54) is 7.11 Å². The lowest BCUT2D eigenvalue weighted by Crippen LogP contribution is -2.33. The number of esters is 1. The highest BCUT2D eigenvalue weighted by Gasteiger charge is 2.24. The Bertz CT molecular complexity index is 441. The fraction of sp³-hybridized carbons (Fsp3) is 0.500. The summed E-state index contributed by atoms with van der Waals surface area (Å²) < 4.78 is 15.9. The van der Waals surface area contributed by atoms with Crippen molar-refractivity contribution in [3.05, 3.63) is 18.2 Å². The van der Waals surface area contributed by atoms with Gasteiger partial charge < -0.3 is 19.5 Å². The molecule has 0 aromatic heterocycles. The molecule has 0 spiro atoms. The van der Waals surface area contributed by atoms with E-state index in [-0.39, 0.29) is 11.9 Å². The number of carbonyl (C=O) groups is 1. The molecular formula is C14H19NO4. The summed E-state index contributed by atoms with van der Waals surface area (Å²) >= 11 is 0. The average molecular weight is 265 g/mol. The molecule has 1 heterocycles. The minimum Gasteiger partial charge on any atom is -0.493 e. The number of hydrogen-bond acceptors (Lipinski definition) is 5. The maximum Gasteiger partial charge on any atom is 0.314 e. The zero-order valence-electron chi connectivity index (χ0n) is 11.3. The molecule has 19 heavy (non-hydrogen) atoms. The van der Waals surface area contributed by atoms with Crippen LogP contribution in [0.15, 0.2) is 18.2 Å². The Morgan fingerprint density at radius 3 is 2.47 bits per heavy atom. The minimum absolute atomic E-state index is 0.0443. The van der Waals surface area contributed by atoms with Crippen molar-refractivity contribution in [2.45, 2.75) is 12.8 Å². The van der Waals surface area contributed by atoms with Crippen LogP contribution in [0.3, 0.4) is 0 Å². The molecule has 0 unspecified atom stereocenters. The summed E-state index contributed by atoms with van der Waals surface area (Å²) in [4.78, 5) is 12.1. The number of piperidine rings is 1. The van der Waals surface area contributed by atoms with Crippen molar-refractivity contribution < 1.29 is 19.0 Å². The van der Waals surface area contributed by atoms with Gasteiger partial charge in [-0.3, -0.25) is 4.79 Å². The van der Waals surface area contributed by atoms with Crippen molar-refractivity contribution in [1.29, 1.82) is 0 Å². The average Bonchev–Trinajstić information content (AvgIpc) is 2.47. The first-order valence-corrected chi connectivity index (χ1v) is 6.39. The topological polar surface area (TPSA) is 56.8 Å². The van der Waals surface area contributed by atoms with Crippen molar-refractivity contribution >= 4 is 5.97 Å². The summed E-state index contributed by atoms with van der Waals surface area (Å²) in [7, 11) is 3.08. The predicted molar refractivity (Wildman–Crippen MR) is 70.8 cm³/mol. The van der Waals surface area contributed by atoms with Gasteiger partial charge in [-0.15, -0.1) is 0 Å². The first-order valence-electron chi connectivity index (χ1n) is 6.39. The van der Waals surface area contributed by atoms with Gasteiger partial charge in [-0.25, -0.2) is 0 Å². The number of nitrogens with one attached hydrogen (secondary N) is 1. The molecule has 0 atom stereocenters. The third-order valence-electron chi connectivity index (χ3n) is 3.25. The Hall–Kier alpha value is -1.75. The Morgan fingerprint density at radius 2 is 1.84 bits per heavy atom. The molecular weight excluding hydrogens is 246 g/mol. The van der Waals surface area contributed by atoms with Crippen LogP contribution >= 0.6 is 0 Å². The second-order valence-electron chi connectivity index (χ2n) is 4.44. The fourth-order valence-corrected chi connectivity index (χ4v) is 2.19. The Kier molecular flexibility index (Phi) is 4.63. The number of benzene rings is 1. The number of carbonyl (C=O) groups excluding carboxylic acids is 1. The van der Waals surface area contributed by atoms with Gasteiger partial charge in [-0.1, -0.05) is 6.07 Å². The van der Waals surface area contributed by atoms with E-state index in [9.17, 15) is 4.79 Å². The third-order valence-corrected chi connectivity index (χ3v) is 3.25. The summed E-state index contributed by atoms with van der Waals surface area (Å²) in [6.45, 7) is 1.71. The molecule has 5 heteroatoms. The molecule has 1 aromatic carbocycles. The number of para-hydroxylation sites is 1. The van der Waals surface area contributed by atoms with E-state index < -0.39 is 0 Å². The molecule has 1 aromatic rings. The third kappa shape index (κ3) is 3.17. The largest absolute Gasteiger partial charge is 0.493 e. The summed E-state index contributed by atoms with van der Waals surface area (Å²) in [6.07, 6.45) is 1.62. The lowest BCUT2D eigenvalue weighted by Gasteiger charge is -2.21. The first-order chi connectivity index (χ1) is 9.26. The van der Waals surface area contributed by atoms with Crippen molar-refractivity contribution in [2.24, 2.45) is 5.92 Å². The monoisotopic (exact) mass is 265 g/mol. The molecule has 2 rings (SSSR count). The van der Waals surface area contributed by atoms with Crippen LogP contribution in [-0.2, 0) is 4.79 Å². The van der Waals surface area contributed by atoms with Gasteiger partial charge in [-0.05, 0) is 38.1 Å². The molecule has 1 N–H and O–H groups in total. The molecule has 1 aliphatic heterocycles. The zero-order valence-corrected chi connectivity index (χ0v) is 11.3. The predicted octanol–water partition coefficient (Wildman–Crippen LogP) is 1.61. The van der Waals surface area contributed by atoms with E-state index in [2.05, 4.69) is 5.32 Å². The van der Waals surface area contributed by atoms with Crippen LogP contribution in [-0.4, -0.2) is 33.3 Å². The van der Waals surface area contributed by atoms with E-state index in [1.54, 1.807) is 25.3 Å². The second-order valence-corrected chi connectivity index (χ2v) is 4.44. The van der Waals surface area contributed by atoms with Crippen LogP contribution < -0.4 is 19.5 Å². The number of rotatable bonds is 4. The number of methoxy groups -OCH3 is 2. The molecule has 0 radical (unpaired) electrons. The molecule has 104 valence electrons. The molecule has 1 saturated heterocycles. The summed E-state index contributed by atoms with van der Waals surface area (Å²) in [5.74, 6) is 1.17. The highest BCUT2D eigenvalue weighted by atomic mass is 16.6. The molecule has 0 saturated carbocycles. The fourth-order valence-electron chi connectivity index (χ4n) is 2.19. The van der Waals surface area contributed by atoms with E-state index in [0.717, 1.165) is 25.9 Å². The van der Waals surface area contributed by atoms with Crippen LogP contribution in [0.4, 0.5) is 0 Å². The molecule has 1 aliphatic rings. The molecule has 0 aliphatic carbocycles. The van der Waals surface area contributed by atoms with Gasteiger partial charge in [0.25, 0.3) is 0 Å². The SMILES string of the molecule is COc1cccc(OC(=O)C2CCNCC2)c1OC. The summed E-state index contributed by atoms with van der Waals surface area (Å²) in [5, 5.41) is 3.22. The van der Waals surface area contributed by atoms with Gasteiger partial charge >= 0.3 is 5.97 Å². The lowest BCUT2D eigenvalue weighted by atomic mass is 9.98. The van der Waals surface area contributed by atoms with Crippen molar-refractivity contribution in [3.63, 3.8) is 0 Å². The van der Waals surface area contributed by atoms with Gasteiger partial charge in [0.05, 0.1) is 20.1 Å². The molecule has 5 nitrogen and oxygen atoms in total. The van der Waals surface area contributed by atoms with Gasteiger partial charge in [-0.2, -0.15) is 0 Å². The minimum atomic E-state index is -0.201. The molecule has 1 fully saturated rings.